The molecule has 2 aromatic carbocycles. The van der Waals surface area contributed by atoms with Gasteiger partial charge in [0.05, 0.1) is 17.3 Å². The van der Waals surface area contributed by atoms with Gasteiger partial charge in [0.1, 0.15) is 11.2 Å². The summed E-state index contributed by atoms with van der Waals surface area (Å²) in [6, 6.07) is 13.7. The quantitative estimate of drug-likeness (QED) is 0.443. The van der Waals surface area contributed by atoms with Crippen LogP contribution in [0.25, 0.3) is 28.1 Å². The Labute approximate surface area is 180 Å². The second-order valence-electron chi connectivity index (χ2n) is 7.22. The first kappa shape index (κ1) is 19.1. The monoisotopic (exact) mass is 468 g/mol. The van der Waals surface area contributed by atoms with Gasteiger partial charge in [-0.3, -0.25) is 14.0 Å². The molecule has 1 aliphatic heterocycles. The Bertz CT molecular complexity index is 1280. The van der Waals surface area contributed by atoms with Crippen LogP contribution in [0.1, 0.15) is 18.9 Å². The van der Waals surface area contributed by atoms with Crippen LogP contribution in [0.15, 0.2) is 64.0 Å². The predicted octanol–water partition coefficient (Wildman–Crippen LogP) is 4.50. The van der Waals surface area contributed by atoms with Crippen molar-refractivity contribution in [3.63, 3.8) is 0 Å². The number of hydrogen-bond acceptors (Lipinski definition) is 4. The molecule has 2 aromatic heterocycles. The lowest BCUT2D eigenvalue weighted by molar-refractivity contribution is 0.0664. The predicted molar refractivity (Wildman–Crippen MR) is 115 cm³/mol. The maximum absolute atomic E-state index is 14.7. The van der Waals surface area contributed by atoms with Gasteiger partial charge in [-0.05, 0) is 49.2 Å². The fourth-order valence-corrected chi connectivity index (χ4v) is 4.04. The molecular formula is C22H18BrFN4O2. The second kappa shape index (κ2) is 7.77. The summed E-state index contributed by atoms with van der Waals surface area (Å²) in [6.07, 6.45) is 3.41. The van der Waals surface area contributed by atoms with E-state index in [0.29, 0.717) is 29.9 Å². The Hall–Kier alpha value is -2.84. The van der Waals surface area contributed by atoms with Crippen molar-refractivity contribution in [3.05, 3.63) is 75.4 Å². The topological polar surface area (TPSA) is 61.9 Å². The van der Waals surface area contributed by atoms with E-state index >= 15 is 0 Å². The van der Waals surface area contributed by atoms with E-state index in [9.17, 15) is 9.18 Å². The van der Waals surface area contributed by atoms with Crippen LogP contribution in [0, 0.1) is 5.82 Å². The van der Waals surface area contributed by atoms with E-state index < -0.39 is 5.82 Å². The maximum Gasteiger partial charge on any atom is 0.269 e. The lowest BCUT2D eigenvalue weighted by Crippen LogP contribution is -2.21. The van der Waals surface area contributed by atoms with Crippen molar-refractivity contribution >= 4 is 27.0 Å². The zero-order chi connectivity index (χ0) is 20.7. The van der Waals surface area contributed by atoms with Crippen molar-refractivity contribution in [3.8, 4) is 17.1 Å². The lowest BCUT2D eigenvalue weighted by atomic mass is 10.1. The van der Waals surface area contributed by atoms with E-state index in [-0.39, 0.29) is 23.0 Å². The molecule has 0 radical (unpaired) electrons. The number of nitrogens with zero attached hydrogens (tertiary/aromatic N) is 4. The molecule has 8 heteroatoms. The third kappa shape index (κ3) is 3.36. The fraction of sp³-hybridized carbons (Fsp3) is 0.227. The van der Waals surface area contributed by atoms with Crippen molar-refractivity contribution in [2.75, 3.05) is 13.2 Å². The maximum atomic E-state index is 14.7. The van der Waals surface area contributed by atoms with Gasteiger partial charge < -0.3 is 4.74 Å². The van der Waals surface area contributed by atoms with Gasteiger partial charge in [-0.2, -0.15) is 5.10 Å². The van der Waals surface area contributed by atoms with Crippen LogP contribution in [-0.4, -0.2) is 32.5 Å². The number of hydrogen-bond donors (Lipinski definition) is 0. The molecule has 0 atom stereocenters. The van der Waals surface area contributed by atoms with Crippen LogP contribution in [-0.2, 0) is 4.74 Å². The zero-order valence-electron chi connectivity index (χ0n) is 16.0. The van der Waals surface area contributed by atoms with Gasteiger partial charge in [-0.15, -0.1) is 0 Å². The summed E-state index contributed by atoms with van der Waals surface area (Å²) in [5, 5.41) is 4.98. The van der Waals surface area contributed by atoms with Crippen LogP contribution >= 0.6 is 15.9 Å². The molecule has 0 N–H and O–H groups in total. The average Bonchev–Trinajstić information content (AvgIpc) is 3.20. The van der Waals surface area contributed by atoms with Gasteiger partial charge in [-0.1, -0.05) is 28.1 Å². The molecule has 1 fully saturated rings. The van der Waals surface area contributed by atoms with Gasteiger partial charge in [0.2, 0.25) is 0 Å². The molecule has 0 saturated carbocycles. The Balaban J connectivity index is 1.77. The fourth-order valence-electron chi connectivity index (χ4n) is 3.77. The summed E-state index contributed by atoms with van der Waals surface area (Å²) in [4.78, 5) is 18.2. The molecule has 152 valence electrons. The highest BCUT2D eigenvalue weighted by Gasteiger charge is 2.22. The number of rotatable bonds is 3. The molecule has 0 aliphatic carbocycles. The molecule has 0 unspecified atom stereocenters. The number of ether oxygens (including phenoxy) is 1. The highest BCUT2D eigenvalue weighted by molar-refractivity contribution is 9.10. The molecule has 30 heavy (non-hydrogen) atoms. The molecule has 4 aromatic rings. The Morgan fingerprint density at radius 3 is 2.53 bits per heavy atom. The smallest absolute Gasteiger partial charge is 0.269 e. The van der Waals surface area contributed by atoms with E-state index in [4.69, 9.17) is 4.74 Å². The normalized spacial score (nSPS) is 15.0. The standard InChI is InChI=1S/C22H18BrFN4O2/c23-14-5-7-16(8-6-14)28-21(17-3-1-2-4-19(17)24)25-20-18(22(28)29)13-27(26-20)15-9-11-30-12-10-15/h1-8,13,15H,9-12H2. The lowest BCUT2D eigenvalue weighted by Gasteiger charge is -2.21. The van der Waals surface area contributed by atoms with Crippen molar-refractivity contribution in [2.24, 2.45) is 0 Å². The molecule has 0 amide bonds. The highest BCUT2D eigenvalue weighted by atomic mass is 79.9. The van der Waals surface area contributed by atoms with E-state index in [0.717, 1.165) is 17.3 Å². The number of halogens is 2. The van der Waals surface area contributed by atoms with Gasteiger partial charge in [0.25, 0.3) is 5.56 Å². The van der Waals surface area contributed by atoms with Crippen LogP contribution in [0.2, 0.25) is 0 Å². The van der Waals surface area contributed by atoms with Gasteiger partial charge in [0.15, 0.2) is 11.5 Å². The van der Waals surface area contributed by atoms with Crippen LogP contribution < -0.4 is 5.56 Å². The van der Waals surface area contributed by atoms with Crippen LogP contribution in [0.5, 0.6) is 0 Å². The summed E-state index contributed by atoms with van der Waals surface area (Å²) in [5.41, 5.74) is 0.895. The van der Waals surface area contributed by atoms with Crippen molar-refractivity contribution in [1.82, 2.24) is 19.3 Å². The summed E-state index contributed by atoms with van der Waals surface area (Å²) in [7, 11) is 0. The van der Waals surface area contributed by atoms with E-state index in [1.165, 1.54) is 10.6 Å². The molecular weight excluding hydrogens is 451 g/mol. The molecule has 1 aliphatic rings. The summed E-state index contributed by atoms with van der Waals surface area (Å²) >= 11 is 3.41. The SMILES string of the molecule is O=c1c2cn(C3CCOCC3)nc2nc(-c2ccccc2F)n1-c1ccc(Br)cc1. The first-order chi connectivity index (χ1) is 14.6. The largest absolute Gasteiger partial charge is 0.381 e. The van der Waals surface area contributed by atoms with Crippen molar-refractivity contribution in [2.45, 2.75) is 18.9 Å². The third-order valence-corrected chi connectivity index (χ3v) is 5.86. The first-order valence-corrected chi connectivity index (χ1v) is 10.5. The number of benzene rings is 2. The second-order valence-corrected chi connectivity index (χ2v) is 8.14. The molecule has 6 nitrogen and oxygen atoms in total. The average molecular weight is 469 g/mol. The van der Waals surface area contributed by atoms with Gasteiger partial charge >= 0.3 is 0 Å². The zero-order valence-corrected chi connectivity index (χ0v) is 17.5. The minimum absolute atomic E-state index is 0.158. The Morgan fingerprint density at radius 2 is 1.80 bits per heavy atom. The summed E-state index contributed by atoms with van der Waals surface area (Å²) < 4.78 is 24.2. The van der Waals surface area contributed by atoms with Crippen LogP contribution in [0.4, 0.5) is 4.39 Å². The van der Waals surface area contributed by atoms with E-state index in [1.807, 2.05) is 12.1 Å². The molecule has 1 saturated heterocycles. The Kier molecular flexibility index (Phi) is 4.96. The van der Waals surface area contributed by atoms with Gasteiger partial charge in [0, 0.05) is 23.9 Å². The summed E-state index contributed by atoms with van der Waals surface area (Å²) in [6.45, 7) is 1.33. The van der Waals surface area contributed by atoms with E-state index in [1.54, 1.807) is 41.2 Å². The number of fused-ring (bicyclic) bond motifs is 1. The highest BCUT2D eigenvalue weighted by Crippen LogP contribution is 2.26. The third-order valence-electron chi connectivity index (χ3n) is 5.33. The number of aromatic nitrogens is 4. The van der Waals surface area contributed by atoms with Gasteiger partial charge in [-0.25, -0.2) is 9.37 Å². The Morgan fingerprint density at radius 1 is 1.07 bits per heavy atom. The summed E-state index contributed by atoms with van der Waals surface area (Å²) in [5.74, 6) is -0.219. The molecule has 0 spiro atoms. The first-order valence-electron chi connectivity index (χ1n) is 9.72. The van der Waals surface area contributed by atoms with Crippen LogP contribution in [0.3, 0.4) is 0 Å². The minimum atomic E-state index is -0.446. The van der Waals surface area contributed by atoms with Crippen molar-refractivity contribution in [1.29, 1.82) is 0 Å². The molecule has 0 bridgehead atoms. The van der Waals surface area contributed by atoms with E-state index in [2.05, 4.69) is 26.0 Å². The molecule has 3 heterocycles. The molecule has 5 rings (SSSR count). The van der Waals surface area contributed by atoms with Crippen molar-refractivity contribution < 1.29 is 9.13 Å². The minimum Gasteiger partial charge on any atom is -0.381 e.